The molecule has 0 aromatic heterocycles. The number of Topliss-reactive ketones (excluding diaryl/α,β-unsaturated/α-hetero) is 1. The van der Waals surface area contributed by atoms with Gasteiger partial charge in [0.1, 0.15) is 0 Å². The highest BCUT2D eigenvalue weighted by atomic mass is 16.5. The first-order chi connectivity index (χ1) is 11.4. The van der Waals surface area contributed by atoms with Gasteiger partial charge in [0.25, 0.3) is 0 Å². The Balaban J connectivity index is 2.41. The number of phenols is 2. The van der Waals surface area contributed by atoms with Crippen molar-refractivity contribution in [3.05, 3.63) is 41.5 Å². The van der Waals surface area contributed by atoms with Crippen LogP contribution in [0.4, 0.5) is 0 Å². The molecule has 0 heterocycles. The Bertz CT molecular complexity index is 728. The summed E-state index contributed by atoms with van der Waals surface area (Å²) in [4.78, 5) is 12.7. The summed E-state index contributed by atoms with van der Waals surface area (Å²) in [5, 5.41) is 19.6. The molecular weight excluding hydrogens is 312 g/mol. The first-order valence-electron chi connectivity index (χ1n) is 7.29. The maximum absolute atomic E-state index is 12.7. The van der Waals surface area contributed by atoms with Crippen molar-refractivity contribution in [3.63, 3.8) is 0 Å². The van der Waals surface area contributed by atoms with Crippen LogP contribution in [-0.2, 0) is 0 Å². The van der Waals surface area contributed by atoms with Gasteiger partial charge in [-0.3, -0.25) is 4.79 Å². The average molecular weight is 332 g/mol. The molecule has 0 aliphatic heterocycles. The molecule has 2 aromatic carbocycles. The number of benzene rings is 2. The molecule has 0 saturated carbocycles. The van der Waals surface area contributed by atoms with E-state index in [4.69, 9.17) is 14.2 Å². The average Bonchev–Trinajstić information content (AvgIpc) is 2.61. The summed E-state index contributed by atoms with van der Waals surface area (Å²) in [5.41, 5.74) is 1.04. The third-order valence-electron chi connectivity index (χ3n) is 3.86. The lowest BCUT2D eigenvalue weighted by Gasteiger charge is -2.16. The maximum atomic E-state index is 12.7. The fourth-order valence-corrected chi connectivity index (χ4v) is 2.40. The van der Waals surface area contributed by atoms with E-state index in [1.807, 2.05) is 0 Å². The summed E-state index contributed by atoms with van der Waals surface area (Å²) < 4.78 is 15.3. The van der Waals surface area contributed by atoms with Gasteiger partial charge in [0.05, 0.1) is 21.3 Å². The SMILES string of the molecule is COc1cc(C(=O)C(C)c2cc(OC)c(O)c(OC)c2)ccc1O. The van der Waals surface area contributed by atoms with Crippen molar-refractivity contribution in [1.82, 2.24) is 0 Å². The normalized spacial score (nSPS) is 11.7. The van der Waals surface area contributed by atoms with Gasteiger partial charge in [0, 0.05) is 11.5 Å². The number of rotatable bonds is 6. The van der Waals surface area contributed by atoms with Crippen molar-refractivity contribution in [3.8, 4) is 28.7 Å². The molecule has 6 nitrogen and oxygen atoms in total. The highest BCUT2D eigenvalue weighted by Crippen LogP contribution is 2.40. The number of ether oxygens (including phenoxy) is 3. The number of phenolic OH excluding ortho intramolecular Hbond substituents is 2. The molecular formula is C18H20O6. The minimum Gasteiger partial charge on any atom is -0.504 e. The molecule has 0 spiro atoms. The van der Waals surface area contributed by atoms with Crippen molar-refractivity contribution >= 4 is 5.78 Å². The molecule has 2 rings (SSSR count). The molecule has 2 aromatic rings. The van der Waals surface area contributed by atoms with Crippen LogP contribution in [0, 0.1) is 0 Å². The lowest BCUT2D eigenvalue weighted by Crippen LogP contribution is -2.10. The van der Waals surface area contributed by atoms with E-state index < -0.39 is 5.92 Å². The van der Waals surface area contributed by atoms with Crippen molar-refractivity contribution in [2.24, 2.45) is 0 Å². The first kappa shape index (κ1) is 17.5. The minimum absolute atomic E-state index is 0.0327. The van der Waals surface area contributed by atoms with E-state index in [1.54, 1.807) is 19.1 Å². The zero-order valence-corrected chi connectivity index (χ0v) is 14.0. The predicted molar refractivity (Wildman–Crippen MR) is 88.6 cm³/mol. The number of methoxy groups -OCH3 is 3. The first-order valence-corrected chi connectivity index (χ1v) is 7.29. The minimum atomic E-state index is -0.511. The summed E-state index contributed by atoms with van der Waals surface area (Å²) in [7, 11) is 4.27. The Hall–Kier alpha value is -2.89. The second-order valence-electron chi connectivity index (χ2n) is 5.25. The third kappa shape index (κ3) is 3.22. The molecule has 1 unspecified atom stereocenters. The maximum Gasteiger partial charge on any atom is 0.200 e. The van der Waals surface area contributed by atoms with Gasteiger partial charge in [0.15, 0.2) is 28.8 Å². The van der Waals surface area contributed by atoms with E-state index in [0.29, 0.717) is 11.1 Å². The van der Waals surface area contributed by atoms with E-state index in [-0.39, 0.29) is 34.5 Å². The third-order valence-corrected chi connectivity index (χ3v) is 3.86. The van der Waals surface area contributed by atoms with Crippen LogP contribution < -0.4 is 14.2 Å². The lowest BCUT2D eigenvalue weighted by atomic mass is 9.91. The van der Waals surface area contributed by atoms with Gasteiger partial charge in [-0.25, -0.2) is 0 Å². The van der Waals surface area contributed by atoms with Crippen LogP contribution in [0.3, 0.4) is 0 Å². The van der Waals surface area contributed by atoms with Gasteiger partial charge in [-0.1, -0.05) is 6.92 Å². The van der Waals surface area contributed by atoms with Crippen molar-refractivity contribution in [2.45, 2.75) is 12.8 Å². The molecule has 6 heteroatoms. The molecule has 0 aliphatic rings. The van der Waals surface area contributed by atoms with Gasteiger partial charge in [-0.05, 0) is 35.9 Å². The zero-order chi connectivity index (χ0) is 17.9. The number of carbonyl (C=O) groups is 1. The Labute approximate surface area is 140 Å². The van der Waals surface area contributed by atoms with Crippen LogP contribution >= 0.6 is 0 Å². The molecule has 0 amide bonds. The van der Waals surface area contributed by atoms with Crippen LogP contribution in [-0.4, -0.2) is 37.3 Å². The largest absolute Gasteiger partial charge is 0.504 e. The van der Waals surface area contributed by atoms with Crippen LogP contribution in [0.25, 0.3) is 0 Å². The number of hydrogen-bond donors (Lipinski definition) is 2. The van der Waals surface area contributed by atoms with Gasteiger partial charge < -0.3 is 24.4 Å². The van der Waals surface area contributed by atoms with Crippen LogP contribution in [0.5, 0.6) is 28.7 Å². The Morgan fingerprint density at radius 1 is 0.917 bits per heavy atom. The molecule has 2 N–H and O–H groups in total. The molecule has 0 fully saturated rings. The highest BCUT2D eigenvalue weighted by Gasteiger charge is 2.22. The van der Waals surface area contributed by atoms with Gasteiger partial charge >= 0.3 is 0 Å². The van der Waals surface area contributed by atoms with E-state index in [0.717, 1.165) is 0 Å². The van der Waals surface area contributed by atoms with Crippen LogP contribution in [0.2, 0.25) is 0 Å². The smallest absolute Gasteiger partial charge is 0.200 e. The zero-order valence-electron chi connectivity index (χ0n) is 14.0. The highest BCUT2D eigenvalue weighted by molar-refractivity contribution is 6.01. The van der Waals surface area contributed by atoms with Crippen LogP contribution in [0.15, 0.2) is 30.3 Å². The molecule has 0 saturated heterocycles. The van der Waals surface area contributed by atoms with Gasteiger partial charge in [0.2, 0.25) is 5.75 Å². The van der Waals surface area contributed by atoms with Crippen molar-refractivity contribution in [1.29, 1.82) is 0 Å². The van der Waals surface area contributed by atoms with E-state index in [9.17, 15) is 15.0 Å². The summed E-state index contributed by atoms with van der Waals surface area (Å²) >= 11 is 0. The van der Waals surface area contributed by atoms with E-state index >= 15 is 0 Å². The molecule has 0 bridgehead atoms. The number of hydrogen-bond acceptors (Lipinski definition) is 6. The summed E-state index contributed by atoms with van der Waals surface area (Å²) in [5.74, 6) is -0.136. The summed E-state index contributed by atoms with van der Waals surface area (Å²) in [6.45, 7) is 1.74. The summed E-state index contributed by atoms with van der Waals surface area (Å²) in [6, 6.07) is 7.63. The monoisotopic (exact) mass is 332 g/mol. The van der Waals surface area contributed by atoms with Crippen molar-refractivity contribution in [2.75, 3.05) is 21.3 Å². The quantitative estimate of drug-likeness (QED) is 0.791. The topological polar surface area (TPSA) is 85.2 Å². The Morgan fingerprint density at radius 2 is 1.46 bits per heavy atom. The second kappa shape index (κ2) is 7.12. The fourth-order valence-electron chi connectivity index (χ4n) is 2.40. The number of aromatic hydroxyl groups is 2. The Kier molecular flexibility index (Phi) is 5.18. The molecule has 0 aliphatic carbocycles. The Morgan fingerprint density at radius 3 is 1.96 bits per heavy atom. The number of carbonyl (C=O) groups excluding carboxylic acids is 1. The molecule has 0 radical (unpaired) electrons. The predicted octanol–water partition coefficient (Wildman–Crippen LogP) is 3.11. The van der Waals surface area contributed by atoms with Crippen molar-refractivity contribution < 1.29 is 29.2 Å². The van der Waals surface area contributed by atoms with Crippen LogP contribution in [0.1, 0.15) is 28.8 Å². The second-order valence-corrected chi connectivity index (χ2v) is 5.25. The number of ketones is 1. The molecule has 128 valence electrons. The molecule has 1 atom stereocenters. The lowest BCUT2D eigenvalue weighted by molar-refractivity contribution is 0.0965. The molecule has 24 heavy (non-hydrogen) atoms. The van der Waals surface area contributed by atoms with E-state index in [2.05, 4.69) is 0 Å². The van der Waals surface area contributed by atoms with Gasteiger partial charge in [-0.15, -0.1) is 0 Å². The van der Waals surface area contributed by atoms with Gasteiger partial charge in [-0.2, -0.15) is 0 Å². The van der Waals surface area contributed by atoms with E-state index in [1.165, 1.54) is 39.5 Å². The standard InChI is InChI=1S/C18H20O6/c1-10(12-8-15(23-3)18(21)16(9-12)24-4)17(20)11-5-6-13(19)14(7-11)22-2/h5-10,19,21H,1-4H3. The fraction of sp³-hybridized carbons (Fsp3) is 0.278. The summed E-state index contributed by atoms with van der Waals surface area (Å²) in [6.07, 6.45) is 0.